The summed E-state index contributed by atoms with van der Waals surface area (Å²) in [4.78, 5) is 23.3. The quantitative estimate of drug-likeness (QED) is 0.602. The number of carboxylic acid groups (broad SMARTS) is 1. The van der Waals surface area contributed by atoms with Gasteiger partial charge in [0.2, 0.25) is 0 Å². The molecule has 0 aliphatic heterocycles. The highest BCUT2D eigenvalue weighted by Gasteiger charge is 2.26. The highest BCUT2D eigenvalue weighted by molar-refractivity contribution is 6.01. The van der Waals surface area contributed by atoms with Crippen LogP contribution in [0.25, 0.3) is 0 Å². The van der Waals surface area contributed by atoms with Gasteiger partial charge < -0.3 is 10.4 Å². The van der Waals surface area contributed by atoms with Crippen molar-refractivity contribution in [1.82, 2.24) is 5.32 Å². The molecule has 1 unspecified atom stereocenters. The summed E-state index contributed by atoms with van der Waals surface area (Å²) in [5, 5.41) is 11.6. The van der Waals surface area contributed by atoms with Gasteiger partial charge >= 0.3 is 5.97 Å². The van der Waals surface area contributed by atoms with E-state index in [0.29, 0.717) is 6.07 Å². The van der Waals surface area contributed by atoms with Gasteiger partial charge in [-0.05, 0) is 11.6 Å². The number of benzene rings is 2. The number of hydrogen-bond acceptors (Lipinski definition) is 3. The van der Waals surface area contributed by atoms with Gasteiger partial charge in [-0.25, -0.2) is 13.2 Å². The highest BCUT2D eigenvalue weighted by atomic mass is 19.2. The molecule has 0 saturated heterocycles. The number of ketones is 1. The summed E-state index contributed by atoms with van der Waals surface area (Å²) in [6, 6.07) is 8.26. The summed E-state index contributed by atoms with van der Waals surface area (Å²) in [6.07, 6.45) is -0.621. The van der Waals surface area contributed by atoms with Crippen molar-refractivity contribution in [3.63, 3.8) is 0 Å². The molecule has 126 valence electrons. The number of carboxylic acids is 1. The molecule has 0 heterocycles. The van der Waals surface area contributed by atoms with Gasteiger partial charge in [-0.2, -0.15) is 0 Å². The molecule has 24 heavy (non-hydrogen) atoms. The van der Waals surface area contributed by atoms with E-state index in [4.69, 9.17) is 5.11 Å². The molecule has 2 rings (SSSR count). The van der Waals surface area contributed by atoms with E-state index < -0.39 is 47.2 Å². The number of nitrogens with one attached hydrogen (secondary N) is 1. The lowest BCUT2D eigenvalue weighted by Crippen LogP contribution is -2.38. The predicted molar refractivity (Wildman–Crippen MR) is 80.0 cm³/mol. The van der Waals surface area contributed by atoms with Gasteiger partial charge in [0.1, 0.15) is 5.82 Å². The molecule has 0 fully saturated rings. The molecular formula is C17H14F3NO3. The van der Waals surface area contributed by atoms with Crippen LogP contribution in [0.15, 0.2) is 42.5 Å². The van der Waals surface area contributed by atoms with Crippen LogP contribution in [0.2, 0.25) is 0 Å². The van der Waals surface area contributed by atoms with E-state index in [1.54, 1.807) is 30.3 Å². The molecule has 0 saturated carbocycles. The monoisotopic (exact) mass is 337 g/mol. The standard InChI is InChI=1S/C17H14F3NO3/c18-12-7-14(20)13(19)6-11(12)17(24)15(8-16(22)23)21-9-10-4-2-1-3-5-10/h1-7,15,21H,8-9H2,(H,22,23). The maximum absolute atomic E-state index is 13.7. The molecule has 1 atom stereocenters. The van der Waals surface area contributed by atoms with E-state index >= 15 is 0 Å². The third-order valence-corrected chi connectivity index (χ3v) is 3.37. The van der Waals surface area contributed by atoms with Crippen LogP contribution < -0.4 is 5.32 Å². The molecule has 2 N–H and O–H groups in total. The van der Waals surface area contributed by atoms with Crippen molar-refractivity contribution in [2.45, 2.75) is 19.0 Å². The first-order valence-electron chi connectivity index (χ1n) is 7.06. The van der Waals surface area contributed by atoms with E-state index in [1.807, 2.05) is 0 Å². The molecule has 0 bridgehead atoms. The van der Waals surface area contributed by atoms with E-state index in [0.717, 1.165) is 5.56 Å². The summed E-state index contributed by atoms with van der Waals surface area (Å²) in [7, 11) is 0. The van der Waals surface area contributed by atoms with Crippen LogP contribution in [-0.2, 0) is 11.3 Å². The predicted octanol–water partition coefficient (Wildman–Crippen LogP) is 2.92. The van der Waals surface area contributed by atoms with Crippen molar-refractivity contribution in [2.24, 2.45) is 0 Å². The molecule has 0 aromatic heterocycles. The zero-order valence-corrected chi connectivity index (χ0v) is 12.4. The molecule has 0 amide bonds. The van der Waals surface area contributed by atoms with Gasteiger partial charge in [0.25, 0.3) is 0 Å². The average Bonchev–Trinajstić information content (AvgIpc) is 2.55. The number of hydrogen-bond donors (Lipinski definition) is 2. The Morgan fingerprint density at radius 1 is 1.00 bits per heavy atom. The Morgan fingerprint density at radius 2 is 1.62 bits per heavy atom. The first kappa shape index (κ1) is 17.7. The Labute approximate surface area is 135 Å². The van der Waals surface area contributed by atoms with Crippen molar-refractivity contribution < 1.29 is 27.9 Å². The first-order valence-corrected chi connectivity index (χ1v) is 7.06. The minimum absolute atomic E-state index is 0.163. The smallest absolute Gasteiger partial charge is 0.305 e. The van der Waals surface area contributed by atoms with E-state index in [2.05, 4.69) is 5.32 Å². The zero-order valence-electron chi connectivity index (χ0n) is 12.4. The minimum Gasteiger partial charge on any atom is -0.481 e. The van der Waals surface area contributed by atoms with Crippen LogP contribution in [0.3, 0.4) is 0 Å². The van der Waals surface area contributed by atoms with Crippen LogP contribution in [0, 0.1) is 17.5 Å². The molecule has 2 aromatic rings. The Kier molecular flexibility index (Phi) is 5.70. The molecule has 4 nitrogen and oxygen atoms in total. The van der Waals surface area contributed by atoms with E-state index in [9.17, 15) is 22.8 Å². The zero-order chi connectivity index (χ0) is 17.7. The molecular weight excluding hydrogens is 323 g/mol. The lowest BCUT2D eigenvalue weighted by molar-refractivity contribution is -0.137. The van der Waals surface area contributed by atoms with Crippen molar-refractivity contribution in [3.8, 4) is 0 Å². The molecule has 7 heteroatoms. The maximum Gasteiger partial charge on any atom is 0.305 e. The van der Waals surface area contributed by atoms with Gasteiger partial charge in [-0.15, -0.1) is 0 Å². The fourth-order valence-corrected chi connectivity index (χ4v) is 2.17. The second-order valence-electron chi connectivity index (χ2n) is 5.13. The highest BCUT2D eigenvalue weighted by Crippen LogP contribution is 2.17. The number of aliphatic carboxylic acids is 1. The third-order valence-electron chi connectivity index (χ3n) is 3.37. The second-order valence-corrected chi connectivity index (χ2v) is 5.13. The normalized spacial score (nSPS) is 12.0. The molecule has 2 aromatic carbocycles. The molecule has 0 spiro atoms. The van der Waals surface area contributed by atoms with Crippen LogP contribution in [-0.4, -0.2) is 22.9 Å². The Morgan fingerprint density at radius 3 is 2.25 bits per heavy atom. The van der Waals surface area contributed by atoms with Gasteiger partial charge in [-0.3, -0.25) is 9.59 Å². The molecule has 0 aliphatic carbocycles. The number of rotatable bonds is 7. The minimum atomic E-state index is -1.42. The van der Waals surface area contributed by atoms with Gasteiger partial charge in [0.05, 0.1) is 18.0 Å². The summed E-state index contributed by atoms with van der Waals surface area (Å²) in [6.45, 7) is 0.163. The lowest BCUT2D eigenvalue weighted by atomic mass is 10.00. The van der Waals surface area contributed by atoms with Crippen molar-refractivity contribution in [2.75, 3.05) is 0 Å². The average molecular weight is 337 g/mol. The topological polar surface area (TPSA) is 66.4 Å². The Bertz CT molecular complexity index is 750. The summed E-state index contributed by atoms with van der Waals surface area (Å²) < 4.78 is 40.0. The number of carbonyl (C=O) groups is 2. The number of carbonyl (C=O) groups excluding carboxylic acids is 1. The van der Waals surface area contributed by atoms with Crippen LogP contribution >= 0.6 is 0 Å². The molecule has 0 radical (unpaired) electrons. The summed E-state index contributed by atoms with van der Waals surface area (Å²) in [5.74, 6) is -6.27. The lowest BCUT2D eigenvalue weighted by Gasteiger charge is -2.16. The van der Waals surface area contributed by atoms with Crippen molar-refractivity contribution in [1.29, 1.82) is 0 Å². The van der Waals surface area contributed by atoms with Gasteiger partial charge in [0, 0.05) is 12.6 Å². The van der Waals surface area contributed by atoms with Crippen molar-refractivity contribution >= 4 is 11.8 Å². The fourth-order valence-electron chi connectivity index (χ4n) is 2.17. The van der Waals surface area contributed by atoms with Crippen molar-refractivity contribution in [3.05, 3.63) is 71.0 Å². The largest absolute Gasteiger partial charge is 0.481 e. The SMILES string of the molecule is O=C(O)CC(NCc1ccccc1)C(=O)c1cc(F)c(F)cc1F. The van der Waals surface area contributed by atoms with Gasteiger partial charge in [0.15, 0.2) is 17.4 Å². The number of halogens is 3. The number of Topliss-reactive ketones (excluding diaryl/α,β-unsaturated/α-hetero) is 1. The van der Waals surface area contributed by atoms with Gasteiger partial charge in [-0.1, -0.05) is 30.3 Å². The summed E-state index contributed by atoms with van der Waals surface area (Å²) in [5.41, 5.74) is 0.0900. The summed E-state index contributed by atoms with van der Waals surface area (Å²) >= 11 is 0. The van der Waals surface area contributed by atoms with E-state index in [-0.39, 0.29) is 12.6 Å². The van der Waals surface area contributed by atoms with Crippen LogP contribution in [0.5, 0.6) is 0 Å². The van der Waals surface area contributed by atoms with Crippen LogP contribution in [0.4, 0.5) is 13.2 Å². The first-order chi connectivity index (χ1) is 11.4. The second kappa shape index (κ2) is 7.74. The van der Waals surface area contributed by atoms with E-state index in [1.165, 1.54) is 0 Å². The Hall–Kier alpha value is -2.67. The molecule has 0 aliphatic rings. The maximum atomic E-state index is 13.7. The Balaban J connectivity index is 2.22. The fraction of sp³-hybridized carbons (Fsp3) is 0.176. The third kappa shape index (κ3) is 4.42. The van der Waals surface area contributed by atoms with Crippen LogP contribution in [0.1, 0.15) is 22.3 Å².